The van der Waals surface area contributed by atoms with E-state index >= 15 is 0 Å². The summed E-state index contributed by atoms with van der Waals surface area (Å²) in [5.41, 5.74) is 5.27. The zero-order valence-corrected chi connectivity index (χ0v) is 18.2. The normalized spacial score (nSPS) is 16.5. The Morgan fingerprint density at radius 1 is 1.23 bits per heavy atom. The largest absolute Gasteiger partial charge is 0.497 e. The van der Waals surface area contributed by atoms with Gasteiger partial charge >= 0.3 is 0 Å². The van der Waals surface area contributed by atoms with Crippen LogP contribution in [-0.2, 0) is 4.79 Å². The van der Waals surface area contributed by atoms with Gasteiger partial charge in [-0.25, -0.2) is 4.98 Å². The summed E-state index contributed by atoms with van der Waals surface area (Å²) >= 11 is 6.25. The lowest BCUT2D eigenvalue weighted by atomic mass is 10.0. The minimum absolute atomic E-state index is 0.0335. The highest BCUT2D eigenvalue weighted by Gasteiger charge is 2.35. The van der Waals surface area contributed by atoms with Gasteiger partial charge in [0.2, 0.25) is 5.91 Å². The average Bonchev–Trinajstić information content (AvgIpc) is 3.43. The van der Waals surface area contributed by atoms with E-state index in [2.05, 4.69) is 10.1 Å². The summed E-state index contributed by atoms with van der Waals surface area (Å²) in [6.45, 7) is 3.82. The quantitative estimate of drug-likeness (QED) is 0.465. The van der Waals surface area contributed by atoms with Gasteiger partial charge in [0, 0.05) is 28.8 Å². The fourth-order valence-electron chi connectivity index (χ4n) is 4.31. The third-order valence-electron chi connectivity index (χ3n) is 5.72. The average molecular weight is 437 g/mol. The molecular weight excluding hydrogens is 416 g/mol. The number of ether oxygens (including phenoxy) is 1. The van der Waals surface area contributed by atoms with Crippen LogP contribution < -0.4 is 9.64 Å². The van der Waals surface area contributed by atoms with Gasteiger partial charge in [0.1, 0.15) is 17.3 Å². The maximum atomic E-state index is 12.8. The number of nitrogens with one attached hydrogen (secondary N) is 1. The molecule has 2 aromatic heterocycles. The minimum atomic E-state index is -0.203. The van der Waals surface area contributed by atoms with Crippen LogP contribution in [-0.4, -0.2) is 28.1 Å². The van der Waals surface area contributed by atoms with Crippen LogP contribution >= 0.6 is 11.6 Å². The molecule has 1 aliphatic heterocycles. The number of benzene rings is 2. The number of hydrogen-bond acceptors (Lipinski definition) is 5. The Morgan fingerprint density at radius 2 is 2.06 bits per heavy atom. The van der Waals surface area contributed by atoms with E-state index in [-0.39, 0.29) is 11.9 Å². The number of amides is 1. The predicted octanol–water partition coefficient (Wildman–Crippen LogP) is 5.36. The lowest BCUT2D eigenvalue weighted by molar-refractivity contribution is -0.117. The molecule has 1 fully saturated rings. The number of aromatic amines is 1. The molecule has 0 aliphatic carbocycles. The second-order valence-electron chi connectivity index (χ2n) is 7.72. The SMILES string of the molecule is COc1cc(Cl)cc(N2C(=O)CC[C@H]2c2nc3cc(-c4c(C)noc4C)ccc3[nH]2)c1. The molecule has 1 amide bonds. The summed E-state index contributed by atoms with van der Waals surface area (Å²) in [6.07, 6.45) is 1.12. The lowest BCUT2D eigenvalue weighted by Gasteiger charge is -2.24. The molecular formula is C23H21ClN4O3. The van der Waals surface area contributed by atoms with E-state index in [0.717, 1.165) is 39.4 Å². The van der Waals surface area contributed by atoms with Gasteiger partial charge < -0.3 is 19.1 Å². The number of H-pyrrole nitrogens is 1. The van der Waals surface area contributed by atoms with Gasteiger partial charge in [0.05, 0.1) is 29.9 Å². The number of imidazole rings is 1. The highest BCUT2D eigenvalue weighted by atomic mass is 35.5. The van der Waals surface area contributed by atoms with Gasteiger partial charge in [0.25, 0.3) is 0 Å². The number of aryl methyl sites for hydroxylation is 2. The van der Waals surface area contributed by atoms with Crippen LogP contribution in [0.15, 0.2) is 40.9 Å². The first-order valence-electron chi connectivity index (χ1n) is 10.0. The maximum Gasteiger partial charge on any atom is 0.227 e. The highest BCUT2D eigenvalue weighted by Crippen LogP contribution is 2.39. The number of rotatable bonds is 4. The van der Waals surface area contributed by atoms with Gasteiger partial charge in [-0.1, -0.05) is 22.8 Å². The summed E-state index contributed by atoms with van der Waals surface area (Å²) in [6, 6.07) is 11.2. The molecule has 0 spiro atoms. The van der Waals surface area contributed by atoms with Crippen LogP contribution in [0.3, 0.4) is 0 Å². The summed E-state index contributed by atoms with van der Waals surface area (Å²) in [7, 11) is 1.58. The molecule has 158 valence electrons. The van der Waals surface area contributed by atoms with Crippen molar-refractivity contribution < 1.29 is 14.1 Å². The highest BCUT2D eigenvalue weighted by molar-refractivity contribution is 6.31. The molecule has 3 heterocycles. The van der Waals surface area contributed by atoms with Crippen molar-refractivity contribution in [2.24, 2.45) is 0 Å². The van der Waals surface area contributed by atoms with Crippen molar-refractivity contribution in [3.63, 3.8) is 0 Å². The summed E-state index contributed by atoms with van der Waals surface area (Å²) in [4.78, 5) is 22.7. The minimum Gasteiger partial charge on any atom is -0.497 e. The summed E-state index contributed by atoms with van der Waals surface area (Å²) in [5.74, 6) is 2.16. The molecule has 1 atom stereocenters. The van der Waals surface area contributed by atoms with Gasteiger partial charge in [-0.2, -0.15) is 0 Å². The number of methoxy groups -OCH3 is 1. The van der Waals surface area contributed by atoms with E-state index in [4.69, 9.17) is 25.8 Å². The van der Waals surface area contributed by atoms with Crippen molar-refractivity contribution in [2.45, 2.75) is 32.7 Å². The van der Waals surface area contributed by atoms with E-state index in [1.54, 1.807) is 24.1 Å². The van der Waals surface area contributed by atoms with Crippen molar-refractivity contribution in [1.29, 1.82) is 0 Å². The number of hydrogen-bond donors (Lipinski definition) is 1. The van der Waals surface area contributed by atoms with Gasteiger partial charge in [0.15, 0.2) is 0 Å². The Kier molecular flexibility index (Phi) is 4.70. The molecule has 8 heteroatoms. The first-order chi connectivity index (χ1) is 14.9. The van der Waals surface area contributed by atoms with Gasteiger partial charge in [-0.05, 0) is 50.1 Å². The standard InChI is InChI=1S/C23H21ClN4O3/c1-12-22(13(2)31-27-12)14-4-5-18-19(8-14)26-23(25-18)20-6-7-21(29)28(20)16-9-15(24)10-17(11-16)30-3/h4-5,8-11,20H,6-7H2,1-3H3,(H,25,26)/t20-/m0/s1. The van der Waals surface area contributed by atoms with Gasteiger partial charge in [-0.15, -0.1) is 0 Å². The zero-order chi connectivity index (χ0) is 21.7. The maximum absolute atomic E-state index is 12.8. The van der Waals surface area contributed by atoms with Crippen molar-refractivity contribution in [2.75, 3.05) is 12.0 Å². The third kappa shape index (κ3) is 3.35. The number of carbonyl (C=O) groups is 1. The predicted molar refractivity (Wildman–Crippen MR) is 119 cm³/mol. The van der Waals surface area contributed by atoms with E-state index in [1.165, 1.54) is 0 Å². The zero-order valence-electron chi connectivity index (χ0n) is 17.4. The molecule has 1 saturated heterocycles. The first-order valence-corrected chi connectivity index (χ1v) is 10.4. The van der Waals surface area contributed by atoms with E-state index in [1.807, 2.05) is 38.1 Å². The number of anilines is 1. The second kappa shape index (κ2) is 7.42. The van der Waals surface area contributed by atoms with Crippen LogP contribution in [0.4, 0.5) is 5.69 Å². The van der Waals surface area contributed by atoms with Crippen LogP contribution in [0.5, 0.6) is 5.75 Å². The monoisotopic (exact) mass is 436 g/mol. The number of fused-ring (bicyclic) bond motifs is 1. The van der Waals surface area contributed by atoms with Crippen molar-refractivity contribution in [1.82, 2.24) is 15.1 Å². The molecule has 5 rings (SSSR count). The molecule has 0 saturated carbocycles. The van der Waals surface area contributed by atoms with Gasteiger partial charge in [-0.3, -0.25) is 4.79 Å². The first kappa shape index (κ1) is 19.6. The fraction of sp³-hybridized carbons (Fsp3) is 0.261. The number of aromatic nitrogens is 3. The summed E-state index contributed by atoms with van der Waals surface area (Å²) in [5, 5.41) is 4.56. The Labute approximate surface area is 184 Å². The van der Waals surface area contributed by atoms with Crippen molar-refractivity contribution in [3.8, 4) is 16.9 Å². The number of halogens is 1. The van der Waals surface area contributed by atoms with Crippen LogP contribution in [0.2, 0.25) is 5.02 Å². The lowest BCUT2D eigenvalue weighted by Crippen LogP contribution is -2.28. The second-order valence-corrected chi connectivity index (χ2v) is 8.16. The third-order valence-corrected chi connectivity index (χ3v) is 5.94. The molecule has 7 nitrogen and oxygen atoms in total. The van der Waals surface area contributed by atoms with Crippen molar-refractivity contribution >= 4 is 34.2 Å². The Balaban J connectivity index is 1.55. The Morgan fingerprint density at radius 3 is 2.81 bits per heavy atom. The molecule has 0 radical (unpaired) electrons. The van der Waals surface area contributed by atoms with Crippen LogP contribution in [0.1, 0.15) is 36.2 Å². The smallest absolute Gasteiger partial charge is 0.227 e. The Hall–Kier alpha value is -3.32. The molecule has 0 unspecified atom stereocenters. The van der Waals surface area contributed by atoms with Crippen LogP contribution in [0, 0.1) is 13.8 Å². The van der Waals surface area contributed by atoms with Crippen molar-refractivity contribution in [3.05, 3.63) is 58.7 Å². The molecule has 4 aromatic rings. The molecule has 2 aromatic carbocycles. The molecule has 31 heavy (non-hydrogen) atoms. The van der Waals surface area contributed by atoms with Crippen LogP contribution in [0.25, 0.3) is 22.2 Å². The Bertz CT molecular complexity index is 1290. The fourth-order valence-corrected chi connectivity index (χ4v) is 4.52. The summed E-state index contributed by atoms with van der Waals surface area (Å²) < 4.78 is 10.6. The van der Waals surface area contributed by atoms with E-state index in [0.29, 0.717) is 29.3 Å². The van der Waals surface area contributed by atoms with E-state index in [9.17, 15) is 4.79 Å². The van der Waals surface area contributed by atoms with E-state index < -0.39 is 0 Å². The molecule has 0 bridgehead atoms. The molecule has 1 aliphatic rings. The molecule has 1 N–H and O–H groups in total. The number of carbonyl (C=O) groups excluding carboxylic acids is 1. The topological polar surface area (TPSA) is 84.2 Å². The number of nitrogens with zero attached hydrogens (tertiary/aromatic N) is 3.